The predicted octanol–water partition coefficient (Wildman–Crippen LogP) is 2.37. The Morgan fingerprint density at radius 3 is 2.72 bits per heavy atom. The molecule has 0 saturated heterocycles. The molecule has 3 rings (SSSR count). The van der Waals surface area contributed by atoms with E-state index in [9.17, 15) is 0 Å². The van der Waals surface area contributed by atoms with Crippen LogP contribution in [0.2, 0.25) is 0 Å². The van der Waals surface area contributed by atoms with Crippen LogP contribution in [0, 0.1) is 6.92 Å². The molecule has 0 aliphatic carbocycles. The Morgan fingerprint density at radius 2 is 2.00 bits per heavy atom. The number of H-pyrrole nitrogens is 1. The van der Waals surface area contributed by atoms with Gasteiger partial charge in [-0.25, -0.2) is 4.98 Å². The Bertz CT molecular complexity index is 684. The lowest BCUT2D eigenvalue weighted by molar-refractivity contribution is 1.04. The van der Waals surface area contributed by atoms with Crippen molar-refractivity contribution in [1.29, 1.82) is 0 Å². The first-order valence-electron chi connectivity index (χ1n) is 5.74. The van der Waals surface area contributed by atoms with Crippen LogP contribution < -0.4 is 5.32 Å². The Kier molecular flexibility index (Phi) is 2.44. The van der Waals surface area contributed by atoms with E-state index in [-0.39, 0.29) is 0 Å². The summed E-state index contributed by atoms with van der Waals surface area (Å²) in [6.07, 6.45) is 0. The zero-order valence-electron chi connectivity index (χ0n) is 10.2. The van der Waals surface area contributed by atoms with E-state index in [1.165, 1.54) is 0 Å². The molecule has 0 unspecified atom stereocenters. The van der Waals surface area contributed by atoms with Gasteiger partial charge >= 0.3 is 0 Å². The van der Waals surface area contributed by atoms with E-state index in [1.807, 2.05) is 44.3 Å². The average molecular weight is 239 g/mol. The van der Waals surface area contributed by atoms with Gasteiger partial charge in [-0.15, -0.1) is 10.2 Å². The SMILES string of the molecule is CNc1ccc(-c2ccc3nc(C)[nH]c3c2)nn1. The van der Waals surface area contributed by atoms with Gasteiger partial charge in [-0.3, -0.25) is 0 Å². The summed E-state index contributed by atoms with van der Waals surface area (Å²) in [6, 6.07) is 9.89. The quantitative estimate of drug-likeness (QED) is 0.720. The lowest BCUT2D eigenvalue weighted by Gasteiger charge is -2.01. The van der Waals surface area contributed by atoms with E-state index < -0.39 is 0 Å². The van der Waals surface area contributed by atoms with Crippen LogP contribution in [0.1, 0.15) is 5.82 Å². The number of hydrogen-bond acceptors (Lipinski definition) is 4. The van der Waals surface area contributed by atoms with E-state index in [4.69, 9.17) is 0 Å². The summed E-state index contributed by atoms with van der Waals surface area (Å²) in [4.78, 5) is 7.59. The summed E-state index contributed by atoms with van der Waals surface area (Å²) in [5.74, 6) is 1.68. The molecule has 90 valence electrons. The first kappa shape index (κ1) is 10.7. The number of anilines is 1. The van der Waals surface area contributed by atoms with Crippen molar-refractivity contribution in [1.82, 2.24) is 20.2 Å². The van der Waals surface area contributed by atoms with Gasteiger partial charge in [0.05, 0.1) is 16.7 Å². The summed E-state index contributed by atoms with van der Waals surface area (Å²) in [5.41, 5.74) is 3.87. The third kappa shape index (κ3) is 1.79. The maximum Gasteiger partial charge on any atom is 0.148 e. The third-order valence-electron chi connectivity index (χ3n) is 2.82. The summed E-state index contributed by atoms with van der Waals surface area (Å²) in [5, 5.41) is 11.2. The largest absolute Gasteiger partial charge is 0.372 e. The predicted molar refractivity (Wildman–Crippen MR) is 71.4 cm³/mol. The van der Waals surface area contributed by atoms with E-state index in [1.54, 1.807) is 0 Å². The number of nitrogens with zero attached hydrogens (tertiary/aromatic N) is 3. The second-order valence-electron chi connectivity index (χ2n) is 4.11. The Labute approximate surface area is 104 Å². The molecule has 2 heterocycles. The van der Waals surface area contributed by atoms with Crippen molar-refractivity contribution in [3.8, 4) is 11.3 Å². The number of aromatic amines is 1. The van der Waals surface area contributed by atoms with Gasteiger partial charge in [-0.2, -0.15) is 0 Å². The van der Waals surface area contributed by atoms with Crippen molar-refractivity contribution in [2.24, 2.45) is 0 Å². The molecular formula is C13H13N5. The fraction of sp³-hybridized carbons (Fsp3) is 0.154. The molecule has 0 amide bonds. The van der Waals surface area contributed by atoms with Crippen molar-refractivity contribution in [2.75, 3.05) is 12.4 Å². The second kappa shape index (κ2) is 4.10. The molecular weight excluding hydrogens is 226 g/mol. The molecule has 0 atom stereocenters. The minimum absolute atomic E-state index is 0.761. The number of aromatic nitrogens is 4. The molecule has 2 N–H and O–H groups in total. The van der Waals surface area contributed by atoms with E-state index >= 15 is 0 Å². The topological polar surface area (TPSA) is 66.5 Å². The van der Waals surface area contributed by atoms with Crippen molar-refractivity contribution < 1.29 is 0 Å². The minimum atomic E-state index is 0.761. The normalized spacial score (nSPS) is 10.8. The van der Waals surface area contributed by atoms with Gasteiger partial charge in [0.15, 0.2) is 0 Å². The lowest BCUT2D eigenvalue weighted by atomic mass is 10.1. The highest BCUT2D eigenvalue weighted by Gasteiger charge is 2.04. The zero-order valence-corrected chi connectivity index (χ0v) is 10.2. The molecule has 0 bridgehead atoms. The number of imidazole rings is 1. The Hall–Kier alpha value is -2.43. The fourth-order valence-electron chi connectivity index (χ4n) is 1.92. The van der Waals surface area contributed by atoms with E-state index in [2.05, 4.69) is 25.5 Å². The van der Waals surface area contributed by atoms with E-state index in [0.717, 1.165) is 33.9 Å². The Morgan fingerprint density at radius 1 is 1.11 bits per heavy atom. The minimum Gasteiger partial charge on any atom is -0.372 e. The first-order valence-corrected chi connectivity index (χ1v) is 5.74. The van der Waals surface area contributed by atoms with Crippen LogP contribution in [0.3, 0.4) is 0 Å². The average Bonchev–Trinajstić information content (AvgIpc) is 2.78. The molecule has 5 heteroatoms. The molecule has 0 radical (unpaired) electrons. The first-order chi connectivity index (χ1) is 8.76. The molecule has 0 aliphatic heterocycles. The van der Waals surface area contributed by atoms with Gasteiger partial charge < -0.3 is 10.3 Å². The molecule has 1 aromatic carbocycles. The van der Waals surface area contributed by atoms with Gasteiger partial charge in [0.1, 0.15) is 11.6 Å². The molecule has 3 aromatic rings. The van der Waals surface area contributed by atoms with Crippen molar-refractivity contribution >= 4 is 16.9 Å². The van der Waals surface area contributed by atoms with Crippen LogP contribution in [0.15, 0.2) is 30.3 Å². The molecule has 5 nitrogen and oxygen atoms in total. The van der Waals surface area contributed by atoms with Gasteiger partial charge in [0.25, 0.3) is 0 Å². The van der Waals surface area contributed by atoms with Gasteiger partial charge in [0.2, 0.25) is 0 Å². The number of aryl methyl sites for hydroxylation is 1. The highest BCUT2D eigenvalue weighted by molar-refractivity contribution is 5.81. The second-order valence-corrected chi connectivity index (χ2v) is 4.11. The molecule has 0 saturated carbocycles. The van der Waals surface area contributed by atoms with Crippen LogP contribution in [-0.2, 0) is 0 Å². The highest BCUT2D eigenvalue weighted by atomic mass is 15.2. The van der Waals surface area contributed by atoms with Gasteiger partial charge in [0, 0.05) is 12.6 Å². The Balaban J connectivity index is 2.06. The molecule has 0 aliphatic rings. The number of benzene rings is 1. The summed E-state index contributed by atoms with van der Waals surface area (Å²) >= 11 is 0. The summed E-state index contributed by atoms with van der Waals surface area (Å²) in [6.45, 7) is 1.95. The molecule has 0 fully saturated rings. The number of fused-ring (bicyclic) bond motifs is 1. The zero-order chi connectivity index (χ0) is 12.5. The monoisotopic (exact) mass is 239 g/mol. The van der Waals surface area contributed by atoms with E-state index in [0.29, 0.717) is 0 Å². The molecule has 2 aromatic heterocycles. The molecule has 0 spiro atoms. The number of nitrogens with one attached hydrogen (secondary N) is 2. The standard InChI is InChI=1S/C13H13N5/c1-8-15-11-4-3-9(7-12(11)16-8)10-5-6-13(14-2)18-17-10/h3-7H,1-2H3,(H,14,18)(H,15,16). The van der Waals surface area contributed by atoms with Crippen molar-refractivity contribution in [3.63, 3.8) is 0 Å². The lowest BCUT2D eigenvalue weighted by Crippen LogP contribution is -1.95. The molecule has 18 heavy (non-hydrogen) atoms. The van der Waals surface area contributed by atoms with Crippen molar-refractivity contribution in [2.45, 2.75) is 6.92 Å². The third-order valence-corrected chi connectivity index (χ3v) is 2.82. The van der Waals surface area contributed by atoms with Crippen LogP contribution >= 0.6 is 0 Å². The van der Waals surface area contributed by atoms with Crippen molar-refractivity contribution in [3.05, 3.63) is 36.2 Å². The van der Waals surface area contributed by atoms with Crippen LogP contribution in [0.25, 0.3) is 22.3 Å². The summed E-state index contributed by atoms with van der Waals surface area (Å²) < 4.78 is 0. The smallest absolute Gasteiger partial charge is 0.148 e. The highest BCUT2D eigenvalue weighted by Crippen LogP contribution is 2.21. The van der Waals surface area contributed by atoms with Gasteiger partial charge in [-0.1, -0.05) is 6.07 Å². The van der Waals surface area contributed by atoms with Crippen LogP contribution in [0.5, 0.6) is 0 Å². The van der Waals surface area contributed by atoms with Crippen LogP contribution in [-0.4, -0.2) is 27.2 Å². The summed E-state index contributed by atoms with van der Waals surface area (Å²) in [7, 11) is 1.82. The van der Waals surface area contributed by atoms with Crippen LogP contribution in [0.4, 0.5) is 5.82 Å². The number of rotatable bonds is 2. The fourth-order valence-corrected chi connectivity index (χ4v) is 1.92. The van der Waals surface area contributed by atoms with Gasteiger partial charge in [-0.05, 0) is 31.2 Å². The maximum atomic E-state index is 4.37. The maximum absolute atomic E-state index is 4.37. The number of hydrogen-bond donors (Lipinski definition) is 2.